The highest BCUT2D eigenvalue weighted by Crippen LogP contribution is 2.31. The number of anilines is 1. The number of halogens is 2. The minimum Gasteiger partial charge on any atom is -0.368 e. The Morgan fingerprint density at radius 1 is 1.10 bits per heavy atom. The first kappa shape index (κ1) is 12.8. The molecule has 0 atom stereocenters. The minimum absolute atomic E-state index is 0.0524. The Labute approximate surface area is 123 Å². The van der Waals surface area contributed by atoms with Gasteiger partial charge in [-0.25, -0.2) is 4.98 Å². The fourth-order valence-corrected chi connectivity index (χ4v) is 1.98. The van der Waals surface area contributed by atoms with Gasteiger partial charge < -0.3 is 5.73 Å². The number of hydrogen-bond donors (Lipinski definition) is 1. The molecule has 0 fully saturated rings. The van der Waals surface area contributed by atoms with Crippen molar-refractivity contribution < 1.29 is 0 Å². The highest BCUT2D eigenvalue weighted by molar-refractivity contribution is 6.43. The Kier molecular flexibility index (Phi) is 3.21. The predicted molar refractivity (Wildman–Crippen MR) is 74.6 cm³/mol. The van der Waals surface area contributed by atoms with Crippen LogP contribution in [0.4, 0.5) is 5.95 Å². The number of benzene rings is 1. The molecule has 3 rings (SSSR count). The lowest BCUT2D eigenvalue weighted by molar-refractivity contribution is 0.800. The average Bonchev–Trinajstić information content (AvgIpc) is 2.95. The van der Waals surface area contributed by atoms with Crippen LogP contribution in [0, 0.1) is 0 Å². The summed E-state index contributed by atoms with van der Waals surface area (Å²) in [6.07, 6.45) is 2.82. The molecule has 3 aromatic rings. The first-order chi connectivity index (χ1) is 9.65. The number of nitrogens with two attached hydrogens (primary N) is 1. The van der Waals surface area contributed by atoms with E-state index in [2.05, 4.69) is 25.0 Å². The Morgan fingerprint density at radius 3 is 2.70 bits per heavy atom. The molecule has 1 aromatic carbocycles. The van der Waals surface area contributed by atoms with E-state index in [0.717, 1.165) is 0 Å². The van der Waals surface area contributed by atoms with Crippen LogP contribution in [0.2, 0.25) is 10.0 Å². The number of hydrogen-bond acceptors (Lipinski definition) is 6. The van der Waals surface area contributed by atoms with E-state index >= 15 is 0 Å². The molecule has 0 saturated heterocycles. The predicted octanol–water partition coefficient (Wildman–Crippen LogP) is 2.01. The maximum Gasteiger partial charge on any atom is 0.257 e. The van der Waals surface area contributed by atoms with Gasteiger partial charge in [0.15, 0.2) is 5.82 Å². The molecule has 9 heteroatoms. The first-order valence-corrected chi connectivity index (χ1v) is 6.21. The Bertz CT molecular complexity index is 757. The maximum atomic E-state index is 6.15. The van der Waals surface area contributed by atoms with Crippen LogP contribution in [0.3, 0.4) is 0 Å². The van der Waals surface area contributed by atoms with Crippen molar-refractivity contribution in [3.8, 4) is 17.3 Å². The van der Waals surface area contributed by atoms with Gasteiger partial charge in [0.2, 0.25) is 5.95 Å². The fraction of sp³-hybridized carbons (Fsp3) is 0. The van der Waals surface area contributed by atoms with Gasteiger partial charge in [0.25, 0.3) is 5.95 Å². The molecular formula is C11H7Cl2N7. The van der Waals surface area contributed by atoms with Crippen molar-refractivity contribution in [2.45, 2.75) is 0 Å². The third-order valence-electron chi connectivity index (χ3n) is 2.46. The zero-order chi connectivity index (χ0) is 14.1. The summed E-state index contributed by atoms with van der Waals surface area (Å²) in [6, 6.07) is 5.17. The van der Waals surface area contributed by atoms with E-state index in [-0.39, 0.29) is 11.9 Å². The van der Waals surface area contributed by atoms with Crippen LogP contribution in [0.5, 0.6) is 0 Å². The monoisotopic (exact) mass is 307 g/mol. The molecule has 0 radical (unpaired) electrons. The quantitative estimate of drug-likeness (QED) is 0.778. The lowest BCUT2D eigenvalue weighted by atomic mass is 10.2. The van der Waals surface area contributed by atoms with Gasteiger partial charge >= 0.3 is 0 Å². The lowest BCUT2D eigenvalue weighted by Gasteiger charge is -2.06. The Hall–Kier alpha value is -2.25. The Morgan fingerprint density at radius 2 is 1.95 bits per heavy atom. The van der Waals surface area contributed by atoms with E-state index in [9.17, 15) is 0 Å². The van der Waals surface area contributed by atoms with Crippen LogP contribution >= 0.6 is 23.2 Å². The van der Waals surface area contributed by atoms with Gasteiger partial charge in [-0.15, -0.1) is 0 Å². The Balaban J connectivity index is 2.17. The van der Waals surface area contributed by atoms with Crippen molar-refractivity contribution in [3.05, 3.63) is 40.9 Å². The zero-order valence-corrected chi connectivity index (χ0v) is 11.4. The third kappa shape index (κ3) is 2.28. The standard InChI is InChI=1S/C11H7Cl2N7/c12-7-3-1-2-6(8(7)13)9-17-10(14)19-11(18-9)20-5-15-4-16-20/h1-5H,(H2,14,17,18,19). The first-order valence-electron chi connectivity index (χ1n) is 5.46. The van der Waals surface area contributed by atoms with Crippen LogP contribution < -0.4 is 5.73 Å². The number of rotatable bonds is 2. The second kappa shape index (κ2) is 5.03. The molecule has 0 aliphatic rings. The zero-order valence-electron chi connectivity index (χ0n) is 9.90. The number of aromatic nitrogens is 6. The van der Waals surface area contributed by atoms with Crippen molar-refractivity contribution in [2.75, 3.05) is 5.73 Å². The molecule has 0 aliphatic heterocycles. The van der Waals surface area contributed by atoms with E-state index in [0.29, 0.717) is 21.4 Å². The summed E-state index contributed by atoms with van der Waals surface area (Å²) in [5, 5.41) is 4.70. The van der Waals surface area contributed by atoms with E-state index in [1.54, 1.807) is 18.2 Å². The average molecular weight is 308 g/mol. The molecule has 2 heterocycles. The minimum atomic E-state index is 0.0524. The van der Waals surface area contributed by atoms with E-state index < -0.39 is 0 Å². The van der Waals surface area contributed by atoms with Crippen molar-refractivity contribution in [1.82, 2.24) is 29.7 Å². The van der Waals surface area contributed by atoms with Crippen LogP contribution in [-0.4, -0.2) is 29.7 Å². The normalized spacial score (nSPS) is 10.7. The number of nitrogens with zero attached hydrogens (tertiary/aromatic N) is 6. The molecule has 0 amide bonds. The highest BCUT2D eigenvalue weighted by atomic mass is 35.5. The molecule has 2 aromatic heterocycles. The van der Waals surface area contributed by atoms with Gasteiger partial charge in [0.1, 0.15) is 12.7 Å². The summed E-state index contributed by atoms with van der Waals surface area (Å²) in [5.41, 5.74) is 6.26. The van der Waals surface area contributed by atoms with Gasteiger partial charge in [-0.1, -0.05) is 29.3 Å². The van der Waals surface area contributed by atoms with Crippen LogP contribution in [0.25, 0.3) is 17.3 Å². The molecule has 0 bridgehead atoms. The van der Waals surface area contributed by atoms with Gasteiger partial charge in [-0.3, -0.25) is 0 Å². The summed E-state index contributed by atoms with van der Waals surface area (Å²) in [6.45, 7) is 0. The molecule has 0 unspecified atom stereocenters. The van der Waals surface area contributed by atoms with Crippen molar-refractivity contribution in [1.29, 1.82) is 0 Å². The molecule has 100 valence electrons. The molecule has 7 nitrogen and oxygen atoms in total. The summed E-state index contributed by atoms with van der Waals surface area (Å²) >= 11 is 12.1. The van der Waals surface area contributed by atoms with E-state index in [4.69, 9.17) is 28.9 Å². The highest BCUT2D eigenvalue weighted by Gasteiger charge is 2.13. The SMILES string of the molecule is Nc1nc(-c2cccc(Cl)c2Cl)nc(-n2cncn2)n1. The van der Waals surface area contributed by atoms with E-state index in [1.165, 1.54) is 17.3 Å². The fourth-order valence-electron chi connectivity index (χ4n) is 1.59. The summed E-state index contributed by atoms with van der Waals surface area (Å²) < 4.78 is 1.37. The van der Waals surface area contributed by atoms with Crippen LogP contribution in [0.1, 0.15) is 0 Å². The van der Waals surface area contributed by atoms with Gasteiger partial charge in [0, 0.05) is 5.56 Å². The summed E-state index contributed by atoms with van der Waals surface area (Å²) in [5.74, 6) is 0.619. The van der Waals surface area contributed by atoms with Crippen molar-refractivity contribution in [3.63, 3.8) is 0 Å². The summed E-state index contributed by atoms with van der Waals surface area (Å²) in [7, 11) is 0. The largest absolute Gasteiger partial charge is 0.368 e. The molecular weight excluding hydrogens is 301 g/mol. The number of nitrogen functional groups attached to an aromatic ring is 1. The maximum absolute atomic E-state index is 6.15. The van der Waals surface area contributed by atoms with Gasteiger partial charge in [-0.2, -0.15) is 24.7 Å². The molecule has 20 heavy (non-hydrogen) atoms. The topological polar surface area (TPSA) is 95.4 Å². The molecule has 0 saturated carbocycles. The second-order valence-corrected chi connectivity index (χ2v) is 4.54. The van der Waals surface area contributed by atoms with Gasteiger partial charge in [-0.05, 0) is 12.1 Å². The van der Waals surface area contributed by atoms with Crippen molar-refractivity contribution >= 4 is 29.2 Å². The van der Waals surface area contributed by atoms with E-state index in [1.807, 2.05) is 0 Å². The summed E-state index contributed by atoms with van der Waals surface area (Å²) in [4.78, 5) is 16.1. The lowest BCUT2D eigenvalue weighted by Crippen LogP contribution is -2.08. The van der Waals surface area contributed by atoms with Crippen LogP contribution in [-0.2, 0) is 0 Å². The molecule has 2 N–H and O–H groups in total. The smallest absolute Gasteiger partial charge is 0.257 e. The van der Waals surface area contributed by atoms with Crippen LogP contribution in [0.15, 0.2) is 30.9 Å². The molecule has 0 aliphatic carbocycles. The van der Waals surface area contributed by atoms with Crippen molar-refractivity contribution in [2.24, 2.45) is 0 Å². The second-order valence-electron chi connectivity index (χ2n) is 3.76. The molecule has 0 spiro atoms. The van der Waals surface area contributed by atoms with Gasteiger partial charge in [0.05, 0.1) is 10.0 Å². The third-order valence-corrected chi connectivity index (χ3v) is 3.28.